The highest BCUT2D eigenvalue weighted by Crippen LogP contribution is 2.35. The normalized spacial score (nSPS) is 15.4. The van der Waals surface area contributed by atoms with Gasteiger partial charge in [0, 0.05) is 37.9 Å². The van der Waals surface area contributed by atoms with Crippen molar-refractivity contribution < 1.29 is 9.47 Å². The first-order valence-corrected chi connectivity index (χ1v) is 8.18. The maximum absolute atomic E-state index is 5.52. The summed E-state index contributed by atoms with van der Waals surface area (Å²) >= 11 is 0. The number of rotatable bonds is 5. The van der Waals surface area contributed by atoms with Crippen molar-refractivity contribution in [1.29, 1.82) is 0 Å². The second kappa shape index (κ2) is 7.73. The lowest BCUT2D eigenvalue weighted by Crippen LogP contribution is -2.19. The van der Waals surface area contributed by atoms with Gasteiger partial charge in [0.05, 0.1) is 0 Å². The molecule has 0 atom stereocenters. The van der Waals surface area contributed by atoms with Crippen molar-refractivity contribution in [1.82, 2.24) is 10.3 Å². The molecule has 128 valence electrons. The summed E-state index contributed by atoms with van der Waals surface area (Å²) in [6.07, 6.45) is 4.52. The van der Waals surface area contributed by atoms with Crippen LogP contribution in [0.4, 0.5) is 5.82 Å². The zero-order valence-corrected chi connectivity index (χ0v) is 14.3. The maximum Gasteiger partial charge on any atom is 0.231 e. The summed E-state index contributed by atoms with van der Waals surface area (Å²) < 4.78 is 10.9. The standard InChI is InChI=1S/C18H21N3O2.ClH/c1-2-9-21(8-1)17-7-6-14(11-20-17)10-19-12-15-4-3-5-16-18(15)23-13-22-16;/h3-7,11,19H,1-2,8-10,12-13H2;1H. The van der Waals surface area contributed by atoms with Gasteiger partial charge in [-0.25, -0.2) is 4.98 Å². The molecule has 1 aromatic carbocycles. The lowest BCUT2D eigenvalue weighted by molar-refractivity contribution is 0.173. The SMILES string of the molecule is Cl.c1cc(CNCc2ccc(N3CCCC3)nc2)c2c(c1)OCO2. The minimum Gasteiger partial charge on any atom is -0.454 e. The predicted octanol–water partition coefficient (Wildman–Crippen LogP) is 3.12. The van der Waals surface area contributed by atoms with E-state index in [-0.39, 0.29) is 12.4 Å². The lowest BCUT2D eigenvalue weighted by Gasteiger charge is -2.16. The number of aromatic nitrogens is 1. The number of benzene rings is 1. The topological polar surface area (TPSA) is 46.6 Å². The average molecular weight is 348 g/mol. The molecule has 2 aromatic rings. The van der Waals surface area contributed by atoms with Crippen molar-refractivity contribution in [3.8, 4) is 11.5 Å². The van der Waals surface area contributed by atoms with E-state index in [4.69, 9.17) is 9.47 Å². The first-order chi connectivity index (χ1) is 11.4. The minimum atomic E-state index is 0. The predicted molar refractivity (Wildman–Crippen MR) is 96.0 cm³/mol. The first kappa shape index (κ1) is 16.9. The van der Waals surface area contributed by atoms with Crippen LogP contribution in [0.25, 0.3) is 0 Å². The highest BCUT2D eigenvalue weighted by Gasteiger charge is 2.16. The summed E-state index contributed by atoms with van der Waals surface area (Å²) in [6, 6.07) is 10.3. The van der Waals surface area contributed by atoms with E-state index in [1.165, 1.54) is 18.4 Å². The quantitative estimate of drug-likeness (QED) is 0.900. The molecule has 2 aliphatic heterocycles. The van der Waals surface area contributed by atoms with Crippen molar-refractivity contribution >= 4 is 18.2 Å². The van der Waals surface area contributed by atoms with E-state index >= 15 is 0 Å². The Labute approximate surface area is 148 Å². The molecule has 6 heteroatoms. The summed E-state index contributed by atoms with van der Waals surface area (Å²) in [5, 5.41) is 3.45. The van der Waals surface area contributed by atoms with Crippen molar-refractivity contribution in [2.75, 3.05) is 24.8 Å². The van der Waals surface area contributed by atoms with Gasteiger partial charge in [-0.3, -0.25) is 0 Å². The molecule has 0 bridgehead atoms. The van der Waals surface area contributed by atoms with Crippen LogP contribution in [0.2, 0.25) is 0 Å². The van der Waals surface area contributed by atoms with Crippen molar-refractivity contribution in [3.63, 3.8) is 0 Å². The smallest absolute Gasteiger partial charge is 0.231 e. The molecule has 0 amide bonds. The van der Waals surface area contributed by atoms with Crippen LogP contribution >= 0.6 is 12.4 Å². The fraction of sp³-hybridized carbons (Fsp3) is 0.389. The molecular weight excluding hydrogens is 326 g/mol. The Balaban J connectivity index is 0.00000169. The number of ether oxygens (including phenoxy) is 2. The Kier molecular flexibility index (Phi) is 5.43. The summed E-state index contributed by atoms with van der Waals surface area (Å²) in [5.41, 5.74) is 2.32. The van der Waals surface area contributed by atoms with Crippen LogP contribution in [-0.4, -0.2) is 24.9 Å². The number of halogens is 1. The molecule has 1 fully saturated rings. The molecular formula is C18H22ClN3O2. The van der Waals surface area contributed by atoms with Gasteiger partial charge in [0.1, 0.15) is 5.82 Å². The van der Waals surface area contributed by atoms with E-state index in [0.29, 0.717) is 6.79 Å². The molecule has 4 rings (SSSR count). The van der Waals surface area contributed by atoms with Gasteiger partial charge in [-0.1, -0.05) is 18.2 Å². The molecule has 1 saturated heterocycles. The van der Waals surface area contributed by atoms with E-state index in [0.717, 1.165) is 49.1 Å². The highest BCUT2D eigenvalue weighted by atomic mass is 35.5. The molecule has 0 radical (unpaired) electrons. The zero-order chi connectivity index (χ0) is 15.5. The molecule has 0 saturated carbocycles. The molecule has 2 aliphatic rings. The number of fused-ring (bicyclic) bond motifs is 1. The van der Waals surface area contributed by atoms with E-state index in [1.807, 2.05) is 18.3 Å². The number of hydrogen-bond acceptors (Lipinski definition) is 5. The largest absolute Gasteiger partial charge is 0.454 e. The van der Waals surface area contributed by atoms with Crippen LogP contribution in [0.3, 0.4) is 0 Å². The summed E-state index contributed by atoms with van der Waals surface area (Å²) in [6.45, 7) is 4.12. The Morgan fingerprint density at radius 2 is 1.92 bits per heavy atom. The maximum atomic E-state index is 5.52. The Hall–Kier alpha value is -1.98. The summed E-state index contributed by atoms with van der Waals surface area (Å²) in [4.78, 5) is 6.93. The third kappa shape index (κ3) is 3.57. The van der Waals surface area contributed by atoms with Gasteiger partial charge in [-0.2, -0.15) is 0 Å². The van der Waals surface area contributed by atoms with Crippen LogP contribution in [0.15, 0.2) is 36.5 Å². The Bertz CT molecular complexity index is 672. The molecule has 0 unspecified atom stereocenters. The summed E-state index contributed by atoms with van der Waals surface area (Å²) in [5.74, 6) is 2.79. The third-order valence-corrected chi connectivity index (χ3v) is 4.36. The van der Waals surface area contributed by atoms with Crippen LogP contribution < -0.4 is 19.7 Å². The Morgan fingerprint density at radius 3 is 2.71 bits per heavy atom. The lowest BCUT2D eigenvalue weighted by atomic mass is 10.2. The van der Waals surface area contributed by atoms with Crippen molar-refractivity contribution in [2.24, 2.45) is 0 Å². The van der Waals surface area contributed by atoms with Crippen LogP contribution in [0.5, 0.6) is 11.5 Å². The zero-order valence-electron chi connectivity index (χ0n) is 13.5. The number of pyridine rings is 1. The third-order valence-electron chi connectivity index (χ3n) is 4.36. The number of para-hydroxylation sites is 1. The second-order valence-electron chi connectivity index (χ2n) is 5.97. The molecule has 24 heavy (non-hydrogen) atoms. The average Bonchev–Trinajstić information content (AvgIpc) is 3.27. The van der Waals surface area contributed by atoms with Crippen LogP contribution in [0.1, 0.15) is 24.0 Å². The Morgan fingerprint density at radius 1 is 1.04 bits per heavy atom. The van der Waals surface area contributed by atoms with Crippen molar-refractivity contribution in [2.45, 2.75) is 25.9 Å². The van der Waals surface area contributed by atoms with Gasteiger partial charge in [0.25, 0.3) is 0 Å². The monoisotopic (exact) mass is 347 g/mol. The van der Waals surface area contributed by atoms with Crippen molar-refractivity contribution in [3.05, 3.63) is 47.7 Å². The fourth-order valence-electron chi connectivity index (χ4n) is 3.13. The summed E-state index contributed by atoms with van der Waals surface area (Å²) in [7, 11) is 0. The van der Waals surface area contributed by atoms with Gasteiger partial charge in [0.2, 0.25) is 6.79 Å². The number of nitrogens with one attached hydrogen (secondary N) is 1. The number of anilines is 1. The molecule has 5 nitrogen and oxygen atoms in total. The van der Waals surface area contributed by atoms with Gasteiger partial charge in [0.15, 0.2) is 11.5 Å². The molecule has 0 spiro atoms. The minimum absolute atomic E-state index is 0. The van der Waals surface area contributed by atoms with Crippen LogP contribution in [0, 0.1) is 0 Å². The number of nitrogens with zero attached hydrogens (tertiary/aromatic N) is 2. The molecule has 1 aromatic heterocycles. The van der Waals surface area contributed by atoms with E-state index in [9.17, 15) is 0 Å². The first-order valence-electron chi connectivity index (χ1n) is 8.18. The van der Waals surface area contributed by atoms with E-state index in [1.54, 1.807) is 0 Å². The molecule has 3 heterocycles. The second-order valence-corrected chi connectivity index (χ2v) is 5.97. The molecule has 1 N–H and O–H groups in total. The number of hydrogen-bond donors (Lipinski definition) is 1. The van der Waals surface area contributed by atoms with Gasteiger partial charge in [-0.05, 0) is 30.5 Å². The van der Waals surface area contributed by atoms with Gasteiger partial charge >= 0.3 is 0 Å². The van der Waals surface area contributed by atoms with Gasteiger partial charge in [-0.15, -0.1) is 12.4 Å². The highest BCUT2D eigenvalue weighted by molar-refractivity contribution is 5.85. The van der Waals surface area contributed by atoms with E-state index in [2.05, 4.69) is 33.4 Å². The van der Waals surface area contributed by atoms with E-state index < -0.39 is 0 Å². The van der Waals surface area contributed by atoms with Gasteiger partial charge < -0.3 is 19.7 Å². The fourth-order valence-corrected chi connectivity index (χ4v) is 3.13. The van der Waals surface area contributed by atoms with Crippen LogP contribution in [-0.2, 0) is 13.1 Å². The molecule has 0 aliphatic carbocycles.